The van der Waals surface area contributed by atoms with Crippen molar-refractivity contribution in [1.82, 2.24) is 5.32 Å². The van der Waals surface area contributed by atoms with Crippen molar-refractivity contribution in [2.45, 2.75) is 11.8 Å². The molecule has 0 radical (unpaired) electrons. The van der Waals surface area contributed by atoms with E-state index in [9.17, 15) is 4.79 Å². The lowest BCUT2D eigenvalue weighted by Crippen LogP contribution is -2.32. The molecule has 23 heavy (non-hydrogen) atoms. The first-order valence-electron chi connectivity index (χ1n) is 7.17. The topological polar surface area (TPSA) is 32.3 Å². The molecule has 118 valence electrons. The Labute approximate surface area is 150 Å². The summed E-state index contributed by atoms with van der Waals surface area (Å²) >= 11 is 12.9. The zero-order valence-electron chi connectivity index (χ0n) is 12.2. The van der Waals surface area contributed by atoms with E-state index < -0.39 is 0 Å². The average molecular weight is 363 g/mol. The van der Waals surface area contributed by atoms with Crippen LogP contribution < -0.4 is 10.2 Å². The minimum absolute atomic E-state index is 0.0158. The van der Waals surface area contributed by atoms with Gasteiger partial charge < -0.3 is 5.32 Å². The predicted octanol–water partition coefficient (Wildman–Crippen LogP) is 3.86. The molecule has 1 aliphatic rings. The second kappa shape index (κ2) is 7.34. The second-order valence-corrected chi connectivity index (χ2v) is 7.01. The molecule has 1 heterocycles. The Morgan fingerprint density at radius 1 is 1.13 bits per heavy atom. The van der Waals surface area contributed by atoms with Crippen LogP contribution in [0.1, 0.15) is 5.56 Å². The summed E-state index contributed by atoms with van der Waals surface area (Å²) in [5.41, 5.74) is 1.99. The van der Waals surface area contributed by atoms with Crippen molar-refractivity contribution in [3.8, 4) is 0 Å². The predicted molar refractivity (Wildman–Crippen MR) is 101 cm³/mol. The van der Waals surface area contributed by atoms with Crippen molar-refractivity contribution in [2.75, 3.05) is 10.7 Å². The fraction of sp³-hybridized carbons (Fsp3) is 0.176. The van der Waals surface area contributed by atoms with Crippen molar-refractivity contribution in [3.63, 3.8) is 0 Å². The molecule has 3 rings (SSSR count). The quantitative estimate of drug-likeness (QED) is 0.818. The monoisotopic (exact) mass is 362 g/mol. The summed E-state index contributed by atoms with van der Waals surface area (Å²) in [5.74, 6) is 1.54. The van der Waals surface area contributed by atoms with Gasteiger partial charge in [0.15, 0.2) is 5.11 Å². The Bertz CT molecular complexity index is 706. The second-order valence-electron chi connectivity index (χ2n) is 5.15. The van der Waals surface area contributed by atoms with Crippen molar-refractivity contribution in [2.24, 2.45) is 0 Å². The summed E-state index contributed by atoms with van der Waals surface area (Å²) in [6.07, 6.45) is 0. The van der Waals surface area contributed by atoms with Gasteiger partial charge in [-0.25, -0.2) is 0 Å². The Kier molecular flexibility index (Phi) is 5.20. The van der Waals surface area contributed by atoms with E-state index in [1.807, 2.05) is 18.2 Å². The minimum atomic E-state index is -0.285. The molecule has 1 atom stereocenters. The maximum Gasteiger partial charge on any atom is 0.256 e. The number of halogens is 1. The van der Waals surface area contributed by atoms with Gasteiger partial charge in [-0.3, -0.25) is 9.69 Å². The molecular weight excluding hydrogens is 348 g/mol. The van der Waals surface area contributed by atoms with Crippen LogP contribution in [0.4, 0.5) is 5.69 Å². The van der Waals surface area contributed by atoms with Crippen LogP contribution in [0.3, 0.4) is 0 Å². The van der Waals surface area contributed by atoms with Gasteiger partial charge in [0.25, 0.3) is 5.91 Å². The smallest absolute Gasteiger partial charge is 0.256 e. The van der Waals surface area contributed by atoms with Gasteiger partial charge in [-0.2, -0.15) is 11.8 Å². The number of nitrogens with one attached hydrogen (secondary N) is 1. The normalized spacial score (nSPS) is 17.4. The number of benzene rings is 2. The summed E-state index contributed by atoms with van der Waals surface area (Å²) in [7, 11) is 0. The lowest BCUT2D eigenvalue weighted by atomic mass is 10.2. The first-order chi connectivity index (χ1) is 11.1. The number of hydrogen-bond donors (Lipinski definition) is 1. The highest BCUT2D eigenvalue weighted by Crippen LogP contribution is 2.23. The van der Waals surface area contributed by atoms with Gasteiger partial charge in [-0.1, -0.05) is 41.9 Å². The Hall–Kier alpha value is -1.56. The van der Waals surface area contributed by atoms with Gasteiger partial charge in [-0.15, -0.1) is 0 Å². The van der Waals surface area contributed by atoms with Crippen LogP contribution in [-0.2, 0) is 10.5 Å². The molecule has 3 nitrogen and oxygen atoms in total. The molecular formula is C17H15ClN2OS2. The van der Waals surface area contributed by atoms with Gasteiger partial charge in [-0.05, 0) is 42.0 Å². The van der Waals surface area contributed by atoms with Gasteiger partial charge >= 0.3 is 0 Å². The molecule has 6 heteroatoms. The molecule has 0 aliphatic carbocycles. The SMILES string of the molecule is O=C1C(CSCc2ccccc2)NC(=S)N1c1ccc(Cl)cc1. The minimum Gasteiger partial charge on any atom is -0.349 e. The zero-order valence-corrected chi connectivity index (χ0v) is 14.6. The fourth-order valence-corrected chi connectivity index (χ4v) is 3.82. The maximum absolute atomic E-state index is 12.6. The number of anilines is 1. The van der Waals surface area contributed by atoms with E-state index in [0.29, 0.717) is 15.9 Å². The molecule has 0 bridgehead atoms. The molecule has 1 aliphatic heterocycles. The van der Waals surface area contributed by atoms with E-state index in [2.05, 4.69) is 17.4 Å². The number of amides is 1. The van der Waals surface area contributed by atoms with Crippen LogP contribution in [0.15, 0.2) is 54.6 Å². The van der Waals surface area contributed by atoms with Gasteiger partial charge in [0.05, 0.1) is 5.69 Å². The summed E-state index contributed by atoms with van der Waals surface area (Å²) < 4.78 is 0. The number of nitrogens with zero attached hydrogens (tertiary/aromatic N) is 1. The molecule has 1 unspecified atom stereocenters. The van der Waals surface area contributed by atoms with Crippen LogP contribution in [0.25, 0.3) is 0 Å². The number of rotatable bonds is 5. The first kappa shape index (κ1) is 16.3. The lowest BCUT2D eigenvalue weighted by molar-refractivity contribution is -0.117. The third-order valence-electron chi connectivity index (χ3n) is 3.50. The van der Waals surface area contributed by atoms with Gasteiger partial charge in [0.2, 0.25) is 0 Å². The summed E-state index contributed by atoms with van der Waals surface area (Å²) in [6, 6.07) is 17.0. The van der Waals surface area contributed by atoms with Crippen LogP contribution >= 0.6 is 35.6 Å². The summed E-state index contributed by atoms with van der Waals surface area (Å²) in [6.45, 7) is 0. The number of carbonyl (C=O) groups is 1. The Morgan fingerprint density at radius 3 is 2.52 bits per heavy atom. The Morgan fingerprint density at radius 2 is 1.83 bits per heavy atom. The molecule has 1 N–H and O–H groups in total. The van der Waals surface area contributed by atoms with Crippen LogP contribution in [0.2, 0.25) is 5.02 Å². The van der Waals surface area contributed by atoms with E-state index in [4.69, 9.17) is 23.8 Å². The average Bonchev–Trinajstić information content (AvgIpc) is 2.84. The largest absolute Gasteiger partial charge is 0.349 e. The van der Waals surface area contributed by atoms with Crippen molar-refractivity contribution < 1.29 is 4.79 Å². The molecule has 0 saturated carbocycles. The number of carbonyl (C=O) groups excluding carboxylic acids is 1. The highest BCUT2D eigenvalue weighted by molar-refractivity contribution is 7.98. The molecule has 1 saturated heterocycles. The van der Waals surface area contributed by atoms with E-state index in [1.165, 1.54) is 5.56 Å². The highest BCUT2D eigenvalue weighted by Gasteiger charge is 2.36. The number of hydrogen-bond acceptors (Lipinski definition) is 3. The van der Waals surface area contributed by atoms with Crippen molar-refractivity contribution in [1.29, 1.82) is 0 Å². The molecule has 0 aromatic heterocycles. The Balaban J connectivity index is 1.61. The van der Waals surface area contributed by atoms with E-state index in [0.717, 1.165) is 11.4 Å². The third-order valence-corrected chi connectivity index (χ3v) is 5.16. The van der Waals surface area contributed by atoms with Gasteiger partial charge in [0, 0.05) is 16.5 Å². The fourth-order valence-electron chi connectivity index (χ4n) is 2.35. The van der Waals surface area contributed by atoms with Gasteiger partial charge in [0.1, 0.15) is 6.04 Å². The molecule has 1 fully saturated rings. The highest BCUT2D eigenvalue weighted by atomic mass is 35.5. The van der Waals surface area contributed by atoms with Crippen molar-refractivity contribution in [3.05, 3.63) is 65.2 Å². The summed E-state index contributed by atoms with van der Waals surface area (Å²) in [5, 5.41) is 4.19. The van der Waals surface area contributed by atoms with Crippen molar-refractivity contribution >= 4 is 52.3 Å². The van der Waals surface area contributed by atoms with E-state index in [-0.39, 0.29) is 11.9 Å². The molecule has 2 aromatic rings. The molecule has 2 aromatic carbocycles. The third kappa shape index (κ3) is 3.86. The van der Waals surface area contributed by atoms with E-state index >= 15 is 0 Å². The lowest BCUT2D eigenvalue weighted by Gasteiger charge is -2.14. The number of thioether (sulfide) groups is 1. The van der Waals surface area contributed by atoms with Crippen LogP contribution in [-0.4, -0.2) is 22.8 Å². The molecule has 0 spiro atoms. The summed E-state index contributed by atoms with van der Waals surface area (Å²) in [4.78, 5) is 14.1. The van der Waals surface area contributed by atoms with Crippen LogP contribution in [0, 0.1) is 0 Å². The zero-order chi connectivity index (χ0) is 16.2. The van der Waals surface area contributed by atoms with E-state index in [1.54, 1.807) is 40.9 Å². The molecule has 1 amide bonds. The standard InChI is InChI=1S/C17H15ClN2OS2/c18-13-6-8-14(9-7-13)20-16(21)15(19-17(20)22)11-23-10-12-4-2-1-3-5-12/h1-9,15H,10-11H2,(H,19,22). The maximum atomic E-state index is 12.6. The first-order valence-corrected chi connectivity index (χ1v) is 9.11. The number of thiocarbonyl (C=S) groups is 1. The van der Waals surface area contributed by atoms with Crippen LogP contribution in [0.5, 0.6) is 0 Å².